The first kappa shape index (κ1) is 13.3. The maximum absolute atomic E-state index is 7.33. The molecule has 16 heavy (non-hydrogen) atoms. The SMILES string of the molecule is CN/C=C(\C=N)B1OCC(C)(C)C(C)(C)O1. The molecular formula is C11H21BN2O2. The van der Waals surface area contributed by atoms with Gasteiger partial charge in [0.25, 0.3) is 0 Å². The zero-order chi connectivity index (χ0) is 12.4. The van der Waals surface area contributed by atoms with E-state index in [1.165, 1.54) is 6.21 Å². The highest BCUT2D eigenvalue weighted by Gasteiger charge is 2.47. The molecule has 0 aromatic carbocycles. The standard InChI is InChI=1S/C11H21BN2O2/c1-10(2)8-15-12(16-11(10,3)4)9(6-13)7-14-5/h6-7,13-14H,8H2,1-5H3/b9-7+,13-6?. The van der Waals surface area contributed by atoms with Gasteiger partial charge in [0, 0.05) is 30.8 Å². The van der Waals surface area contributed by atoms with Crippen molar-refractivity contribution < 1.29 is 9.31 Å². The van der Waals surface area contributed by atoms with Gasteiger partial charge in [0.2, 0.25) is 0 Å². The Balaban J connectivity index is 2.83. The molecule has 0 bridgehead atoms. The van der Waals surface area contributed by atoms with Gasteiger partial charge in [-0.3, -0.25) is 0 Å². The average Bonchev–Trinajstić information content (AvgIpc) is 2.19. The lowest BCUT2D eigenvalue weighted by atomic mass is 9.69. The number of hydrogen-bond donors (Lipinski definition) is 2. The van der Waals surface area contributed by atoms with Crippen molar-refractivity contribution >= 4 is 13.3 Å². The van der Waals surface area contributed by atoms with Gasteiger partial charge in [-0.1, -0.05) is 13.8 Å². The quantitative estimate of drug-likeness (QED) is 0.565. The lowest BCUT2D eigenvalue weighted by Gasteiger charge is -2.47. The van der Waals surface area contributed by atoms with E-state index in [9.17, 15) is 0 Å². The van der Waals surface area contributed by atoms with Gasteiger partial charge in [-0.25, -0.2) is 0 Å². The third-order valence-electron chi connectivity index (χ3n) is 3.38. The molecule has 1 fully saturated rings. The molecule has 0 aromatic heterocycles. The fourth-order valence-electron chi connectivity index (χ4n) is 1.43. The Morgan fingerprint density at radius 3 is 2.44 bits per heavy atom. The second kappa shape index (κ2) is 4.59. The second-order valence-corrected chi connectivity index (χ2v) is 5.23. The Hall–Kier alpha value is -0.805. The molecule has 1 saturated heterocycles. The Morgan fingerprint density at radius 2 is 2.00 bits per heavy atom. The number of allylic oxidation sites excluding steroid dienone is 1. The summed E-state index contributed by atoms with van der Waals surface area (Å²) in [5.41, 5.74) is 0.397. The zero-order valence-electron chi connectivity index (χ0n) is 10.8. The van der Waals surface area contributed by atoms with E-state index in [0.717, 1.165) is 0 Å². The largest absolute Gasteiger partial charge is 0.497 e. The molecule has 0 atom stereocenters. The van der Waals surface area contributed by atoms with Crippen LogP contribution < -0.4 is 5.32 Å². The third kappa shape index (κ3) is 2.47. The summed E-state index contributed by atoms with van der Waals surface area (Å²) < 4.78 is 11.6. The van der Waals surface area contributed by atoms with E-state index in [4.69, 9.17) is 14.7 Å². The summed E-state index contributed by atoms with van der Waals surface area (Å²) in [7, 11) is 1.34. The first-order valence-electron chi connectivity index (χ1n) is 5.51. The van der Waals surface area contributed by atoms with E-state index in [2.05, 4.69) is 33.0 Å². The van der Waals surface area contributed by atoms with Crippen LogP contribution in [0.5, 0.6) is 0 Å². The topological polar surface area (TPSA) is 54.3 Å². The molecule has 0 radical (unpaired) electrons. The minimum absolute atomic E-state index is 0.0315. The zero-order valence-corrected chi connectivity index (χ0v) is 10.8. The fourth-order valence-corrected chi connectivity index (χ4v) is 1.43. The van der Waals surface area contributed by atoms with Crippen LogP contribution in [0.2, 0.25) is 0 Å². The van der Waals surface area contributed by atoms with Gasteiger partial charge in [-0.2, -0.15) is 0 Å². The van der Waals surface area contributed by atoms with Gasteiger partial charge >= 0.3 is 7.12 Å². The fraction of sp³-hybridized carbons (Fsp3) is 0.727. The maximum atomic E-state index is 7.33. The normalized spacial score (nSPS) is 24.1. The molecule has 2 N–H and O–H groups in total. The van der Waals surface area contributed by atoms with Crippen molar-refractivity contribution in [1.29, 1.82) is 5.41 Å². The van der Waals surface area contributed by atoms with Crippen molar-refractivity contribution in [2.24, 2.45) is 5.41 Å². The van der Waals surface area contributed by atoms with E-state index < -0.39 is 7.12 Å². The van der Waals surface area contributed by atoms with Gasteiger partial charge in [-0.15, -0.1) is 0 Å². The van der Waals surface area contributed by atoms with E-state index in [1.807, 2.05) is 0 Å². The highest BCUT2D eigenvalue weighted by atomic mass is 16.6. The summed E-state index contributed by atoms with van der Waals surface area (Å²) in [6.07, 6.45) is 2.99. The van der Waals surface area contributed by atoms with Crippen LogP contribution in [0.4, 0.5) is 0 Å². The van der Waals surface area contributed by atoms with Crippen LogP contribution in [0, 0.1) is 10.8 Å². The molecule has 90 valence electrons. The van der Waals surface area contributed by atoms with Crippen molar-refractivity contribution in [1.82, 2.24) is 5.32 Å². The lowest BCUT2D eigenvalue weighted by Crippen LogP contribution is -2.55. The molecule has 5 heteroatoms. The van der Waals surface area contributed by atoms with Crippen molar-refractivity contribution in [2.45, 2.75) is 33.3 Å². The maximum Gasteiger partial charge on any atom is 0.497 e. The lowest BCUT2D eigenvalue weighted by molar-refractivity contribution is -0.0947. The van der Waals surface area contributed by atoms with Crippen LogP contribution in [0.15, 0.2) is 11.7 Å². The summed E-state index contributed by atoms with van der Waals surface area (Å²) in [5.74, 6) is 0. The minimum atomic E-state index is -0.451. The Morgan fingerprint density at radius 1 is 1.38 bits per heavy atom. The summed E-state index contributed by atoms with van der Waals surface area (Å²) in [6.45, 7) is 8.98. The van der Waals surface area contributed by atoms with Gasteiger partial charge < -0.3 is 20.0 Å². The minimum Gasteiger partial charge on any atom is -0.407 e. The third-order valence-corrected chi connectivity index (χ3v) is 3.38. The van der Waals surface area contributed by atoms with Crippen LogP contribution >= 0.6 is 0 Å². The van der Waals surface area contributed by atoms with Crippen LogP contribution in [-0.4, -0.2) is 32.6 Å². The Bertz CT molecular complexity index is 300. The van der Waals surface area contributed by atoms with Crippen LogP contribution in [0.1, 0.15) is 27.7 Å². The van der Waals surface area contributed by atoms with E-state index >= 15 is 0 Å². The van der Waals surface area contributed by atoms with Crippen molar-refractivity contribution in [3.8, 4) is 0 Å². The van der Waals surface area contributed by atoms with Gasteiger partial charge in [-0.05, 0) is 20.0 Å². The average molecular weight is 224 g/mol. The van der Waals surface area contributed by atoms with Crippen molar-refractivity contribution in [3.63, 3.8) is 0 Å². The first-order chi connectivity index (χ1) is 7.34. The summed E-state index contributed by atoms with van der Waals surface area (Å²) in [5, 5.41) is 10.2. The molecule has 1 heterocycles. The summed E-state index contributed by atoms with van der Waals surface area (Å²) in [4.78, 5) is 0. The molecule has 1 aliphatic heterocycles. The molecule has 4 nitrogen and oxygen atoms in total. The van der Waals surface area contributed by atoms with Crippen LogP contribution in [0.25, 0.3) is 0 Å². The molecule has 1 aliphatic rings. The number of hydrogen-bond acceptors (Lipinski definition) is 4. The van der Waals surface area contributed by atoms with Gasteiger partial charge in [0.15, 0.2) is 0 Å². The second-order valence-electron chi connectivity index (χ2n) is 5.23. The molecule has 0 spiro atoms. The van der Waals surface area contributed by atoms with Crippen LogP contribution in [-0.2, 0) is 9.31 Å². The highest BCUT2D eigenvalue weighted by Crippen LogP contribution is 2.38. The molecule has 0 unspecified atom stereocenters. The Labute approximate surface area is 98.0 Å². The molecule has 1 rings (SSSR count). The molecule has 0 aromatic rings. The number of rotatable bonds is 3. The molecule has 0 saturated carbocycles. The van der Waals surface area contributed by atoms with E-state index in [0.29, 0.717) is 12.1 Å². The van der Waals surface area contributed by atoms with Crippen LogP contribution in [0.3, 0.4) is 0 Å². The monoisotopic (exact) mass is 224 g/mol. The molecule has 0 aliphatic carbocycles. The predicted octanol–water partition coefficient (Wildman–Crippen LogP) is 1.62. The summed E-state index contributed by atoms with van der Waals surface area (Å²) >= 11 is 0. The summed E-state index contributed by atoms with van der Waals surface area (Å²) in [6, 6.07) is 0. The Kier molecular flexibility index (Phi) is 3.81. The first-order valence-corrected chi connectivity index (χ1v) is 5.51. The molecule has 0 amide bonds. The highest BCUT2D eigenvalue weighted by molar-refractivity contribution is 6.59. The predicted molar refractivity (Wildman–Crippen MR) is 66.6 cm³/mol. The number of nitrogens with one attached hydrogen (secondary N) is 2. The van der Waals surface area contributed by atoms with Crippen molar-refractivity contribution in [3.05, 3.63) is 11.7 Å². The van der Waals surface area contributed by atoms with Gasteiger partial charge in [0.1, 0.15) is 0 Å². The smallest absolute Gasteiger partial charge is 0.407 e. The molecular weight excluding hydrogens is 203 g/mol. The van der Waals surface area contributed by atoms with Crippen molar-refractivity contribution in [2.75, 3.05) is 13.7 Å². The van der Waals surface area contributed by atoms with E-state index in [1.54, 1.807) is 13.2 Å². The van der Waals surface area contributed by atoms with Gasteiger partial charge in [0.05, 0.1) is 5.60 Å². The van der Waals surface area contributed by atoms with E-state index in [-0.39, 0.29) is 11.0 Å².